The predicted octanol–water partition coefficient (Wildman–Crippen LogP) is 2.11. The van der Waals surface area contributed by atoms with Crippen molar-refractivity contribution in [1.82, 2.24) is 24.5 Å². The number of fused-ring (bicyclic) bond motifs is 1. The molecule has 0 aromatic carbocycles. The molecule has 136 valence electrons. The lowest BCUT2D eigenvalue weighted by atomic mass is 10.2. The molecular formula is C16H20F3N5O. The van der Waals surface area contributed by atoms with E-state index in [1.54, 1.807) is 0 Å². The summed E-state index contributed by atoms with van der Waals surface area (Å²) in [6.07, 6.45) is -0.541. The lowest BCUT2D eigenvalue weighted by Crippen LogP contribution is -2.56. The average Bonchev–Trinajstić information content (AvgIpc) is 3.01. The summed E-state index contributed by atoms with van der Waals surface area (Å²) >= 11 is 0. The molecule has 0 aliphatic carbocycles. The van der Waals surface area contributed by atoms with Gasteiger partial charge in [-0.15, -0.1) is 0 Å². The quantitative estimate of drug-likeness (QED) is 0.918. The second-order valence-corrected chi connectivity index (χ2v) is 6.10. The van der Waals surface area contributed by atoms with Crippen LogP contribution in [0.1, 0.15) is 12.6 Å². The first kappa shape index (κ1) is 17.5. The molecule has 0 spiro atoms. The Bertz CT molecular complexity index is 704. The standard InChI is InChI=1S/C16H20F3N5O/c1-12(16(17,18)19)22-6-8-23(9-7-22)15(25)20-10-13-11-24-5-3-2-4-14(24)21-13/h2-5,11-12H,6-10H2,1H3,(H,20,25). The summed E-state index contributed by atoms with van der Waals surface area (Å²) < 4.78 is 40.1. The van der Waals surface area contributed by atoms with Gasteiger partial charge in [-0.1, -0.05) is 6.07 Å². The number of hydrogen-bond acceptors (Lipinski definition) is 3. The number of halogens is 3. The molecule has 6 nitrogen and oxygen atoms in total. The molecule has 0 bridgehead atoms. The number of nitrogens with one attached hydrogen (secondary N) is 1. The molecule has 1 atom stereocenters. The highest BCUT2D eigenvalue weighted by atomic mass is 19.4. The van der Waals surface area contributed by atoms with Gasteiger partial charge in [0.25, 0.3) is 0 Å². The molecule has 25 heavy (non-hydrogen) atoms. The van der Waals surface area contributed by atoms with E-state index in [9.17, 15) is 18.0 Å². The van der Waals surface area contributed by atoms with Gasteiger partial charge in [-0.25, -0.2) is 9.78 Å². The van der Waals surface area contributed by atoms with Crippen LogP contribution in [0, 0.1) is 0 Å². The normalized spacial score (nSPS) is 17.7. The molecule has 3 heterocycles. The van der Waals surface area contributed by atoms with Gasteiger partial charge in [-0.3, -0.25) is 4.90 Å². The Balaban J connectivity index is 1.49. The minimum Gasteiger partial charge on any atom is -0.332 e. The second-order valence-electron chi connectivity index (χ2n) is 6.10. The van der Waals surface area contributed by atoms with Crippen LogP contribution in [-0.2, 0) is 6.54 Å². The predicted molar refractivity (Wildman–Crippen MR) is 86.1 cm³/mol. The highest BCUT2D eigenvalue weighted by Crippen LogP contribution is 2.25. The topological polar surface area (TPSA) is 52.9 Å². The SMILES string of the molecule is CC(N1CCN(C(=O)NCc2cn3ccccc3n2)CC1)C(F)(F)F. The van der Waals surface area contributed by atoms with E-state index < -0.39 is 12.2 Å². The maximum Gasteiger partial charge on any atom is 0.403 e. The molecule has 1 fully saturated rings. The fourth-order valence-corrected chi connectivity index (χ4v) is 2.87. The van der Waals surface area contributed by atoms with Gasteiger partial charge in [0.2, 0.25) is 0 Å². The number of rotatable bonds is 3. The molecule has 1 unspecified atom stereocenters. The Morgan fingerprint density at radius 1 is 1.28 bits per heavy atom. The average molecular weight is 355 g/mol. The number of amides is 2. The third-order valence-corrected chi connectivity index (χ3v) is 4.46. The molecule has 0 saturated carbocycles. The fourth-order valence-electron chi connectivity index (χ4n) is 2.87. The van der Waals surface area contributed by atoms with Crippen molar-refractivity contribution >= 4 is 11.7 Å². The van der Waals surface area contributed by atoms with E-state index in [1.807, 2.05) is 35.0 Å². The number of hydrogen-bond donors (Lipinski definition) is 1. The lowest BCUT2D eigenvalue weighted by molar-refractivity contribution is -0.181. The smallest absolute Gasteiger partial charge is 0.332 e. The van der Waals surface area contributed by atoms with Gasteiger partial charge in [0, 0.05) is 38.6 Å². The lowest BCUT2D eigenvalue weighted by Gasteiger charge is -2.38. The Morgan fingerprint density at radius 2 is 2.00 bits per heavy atom. The van der Waals surface area contributed by atoms with Crippen LogP contribution < -0.4 is 5.32 Å². The monoisotopic (exact) mass is 355 g/mol. The molecule has 2 amide bonds. The van der Waals surface area contributed by atoms with Gasteiger partial charge in [0.15, 0.2) is 0 Å². The number of nitrogens with zero attached hydrogens (tertiary/aromatic N) is 4. The van der Waals surface area contributed by atoms with Crippen LogP contribution in [0.3, 0.4) is 0 Å². The summed E-state index contributed by atoms with van der Waals surface area (Å²) in [6.45, 7) is 2.40. The van der Waals surface area contributed by atoms with Crippen molar-refractivity contribution in [2.75, 3.05) is 26.2 Å². The number of carbonyl (C=O) groups excluding carboxylic acids is 1. The third-order valence-electron chi connectivity index (χ3n) is 4.46. The summed E-state index contributed by atoms with van der Waals surface area (Å²) in [5.74, 6) is 0. The second kappa shape index (κ2) is 6.91. The molecule has 1 aliphatic heterocycles. The Hall–Kier alpha value is -2.29. The minimum atomic E-state index is -4.24. The van der Waals surface area contributed by atoms with Crippen molar-refractivity contribution in [3.8, 4) is 0 Å². The van der Waals surface area contributed by atoms with Gasteiger partial charge in [0.05, 0.1) is 12.2 Å². The number of aromatic nitrogens is 2. The van der Waals surface area contributed by atoms with Crippen LogP contribution in [-0.4, -0.2) is 63.6 Å². The van der Waals surface area contributed by atoms with Gasteiger partial charge in [-0.2, -0.15) is 13.2 Å². The summed E-state index contributed by atoms with van der Waals surface area (Å²) in [5.41, 5.74) is 1.52. The maximum atomic E-state index is 12.7. The van der Waals surface area contributed by atoms with Crippen LogP contribution >= 0.6 is 0 Å². The number of pyridine rings is 1. The first-order chi connectivity index (χ1) is 11.8. The molecule has 3 rings (SSSR count). The fraction of sp³-hybridized carbons (Fsp3) is 0.500. The number of alkyl halides is 3. The molecule has 9 heteroatoms. The van der Waals surface area contributed by atoms with Gasteiger partial charge < -0.3 is 14.6 Å². The Labute approximate surface area is 143 Å². The summed E-state index contributed by atoms with van der Waals surface area (Å²) in [6, 6.07) is 3.86. The van der Waals surface area contributed by atoms with E-state index in [0.717, 1.165) is 18.3 Å². The van der Waals surface area contributed by atoms with Crippen LogP contribution in [0.15, 0.2) is 30.6 Å². The van der Waals surface area contributed by atoms with Gasteiger partial charge in [0.1, 0.15) is 11.7 Å². The van der Waals surface area contributed by atoms with Crippen molar-refractivity contribution in [2.24, 2.45) is 0 Å². The molecule has 1 saturated heterocycles. The number of urea groups is 1. The zero-order valence-electron chi connectivity index (χ0n) is 13.8. The van der Waals surface area contributed by atoms with E-state index in [1.165, 1.54) is 9.80 Å². The van der Waals surface area contributed by atoms with Crippen molar-refractivity contribution < 1.29 is 18.0 Å². The molecule has 2 aromatic heterocycles. The molecule has 1 aliphatic rings. The highest BCUT2D eigenvalue weighted by molar-refractivity contribution is 5.74. The van der Waals surface area contributed by atoms with Gasteiger partial charge in [-0.05, 0) is 19.1 Å². The zero-order chi connectivity index (χ0) is 18.0. The number of piperazine rings is 1. The van der Waals surface area contributed by atoms with Crippen molar-refractivity contribution in [1.29, 1.82) is 0 Å². The van der Waals surface area contributed by atoms with Crippen molar-refractivity contribution in [3.63, 3.8) is 0 Å². The number of imidazole rings is 1. The largest absolute Gasteiger partial charge is 0.403 e. The van der Waals surface area contributed by atoms with Crippen molar-refractivity contribution in [3.05, 3.63) is 36.3 Å². The van der Waals surface area contributed by atoms with Crippen LogP contribution in [0.2, 0.25) is 0 Å². The molecule has 2 aromatic rings. The van der Waals surface area contributed by atoms with E-state index in [4.69, 9.17) is 0 Å². The van der Waals surface area contributed by atoms with Crippen LogP contribution in [0.4, 0.5) is 18.0 Å². The number of carbonyl (C=O) groups is 1. The first-order valence-electron chi connectivity index (χ1n) is 8.11. The third kappa shape index (κ3) is 4.04. The maximum absolute atomic E-state index is 12.7. The first-order valence-corrected chi connectivity index (χ1v) is 8.11. The van der Waals surface area contributed by atoms with E-state index in [2.05, 4.69) is 10.3 Å². The Morgan fingerprint density at radius 3 is 2.64 bits per heavy atom. The summed E-state index contributed by atoms with van der Waals surface area (Å²) in [5, 5.41) is 2.77. The molecular weight excluding hydrogens is 335 g/mol. The summed E-state index contributed by atoms with van der Waals surface area (Å²) in [7, 11) is 0. The Kier molecular flexibility index (Phi) is 4.85. The molecule has 1 N–H and O–H groups in total. The van der Waals surface area contributed by atoms with Gasteiger partial charge >= 0.3 is 12.2 Å². The van der Waals surface area contributed by atoms with Crippen LogP contribution in [0.25, 0.3) is 5.65 Å². The van der Waals surface area contributed by atoms with Crippen LogP contribution in [0.5, 0.6) is 0 Å². The minimum absolute atomic E-state index is 0.211. The summed E-state index contributed by atoms with van der Waals surface area (Å²) in [4.78, 5) is 19.5. The zero-order valence-corrected chi connectivity index (χ0v) is 13.8. The van der Waals surface area contributed by atoms with E-state index in [0.29, 0.717) is 0 Å². The van der Waals surface area contributed by atoms with E-state index >= 15 is 0 Å². The molecule has 0 radical (unpaired) electrons. The highest BCUT2D eigenvalue weighted by Gasteiger charge is 2.41. The van der Waals surface area contributed by atoms with E-state index in [-0.39, 0.29) is 38.8 Å². The van der Waals surface area contributed by atoms with Crippen molar-refractivity contribution in [2.45, 2.75) is 25.7 Å².